The van der Waals surface area contributed by atoms with Crippen molar-refractivity contribution >= 4 is 0 Å². The van der Waals surface area contributed by atoms with E-state index in [2.05, 4.69) is 0 Å². The van der Waals surface area contributed by atoms with E-state index >= 15 is 0 Å². The SMILES string of the molecule is O.O.O.O=[N+]([O-])[O-].[Cd+2]. The standard InChI is InChI=1S/Cd.NO3.3H2O/c;2-1(3)4;;;/h;;3*1H2/q+2;-1;;;. The van der Waals surface area contributed by atoms with Gasteiger partial charge in [0.25, 0.3) is 0 Å². The zero-order valence-corrected chi connectivity index (χ0v) is 7.92. The average molecular weight is 228 g/mol. The quantitative estimate of drug-likeness (QED) is 0.250. The zero-order valence-electron chi connectivity index (χ0n) is 3.88. The second-order valence-corrected chi connectivity index (χ2v) is 0.224. The number of hydrogen-bond acceptors (Lipinski definition) is 3. The van der Waals surface area contributed by atoms with Crippen LogP contribution in [-0.4, -0.2) is 21.5 Å². The molecule has 48 valence electrons. The fourth-order valence-corrected chi connectivity index (χ4v) is 0. The van der Waals surface area contributed by atoms with Crippen molar-refractivity contribution in [2.24, 2.45) is 0 Å². The summed E-state index contributed by atoms with van der Waals surface area (Å²) in [5, 5.41) is 14.8. The molecule has 0 aromatic carbocycles. The van der Waals surface area contributed by atoms with Gasteiger partial charge in [0, 0.05) is 0 Å². The minimum Gasteiger partial charge on any atom is -0.412 e. The average Bonchev–Trinajstić information content (AvgIpc) is 0.811. The number of rotatable bonds is 0. The van der Waals surface area contributed by atoms with Crippen LogP contribution in [0.5, 0.6) is 0 Å². The van der Waals surface area contributed by atoms with E-state index in [0.717, 1.165) is 0 Å². The molecule has 0 amide bonds. The van der Waals surface area contributed by atoms with Crippen molar-refractivity contribution in [1.29, 1.82) is 0 Å². The molecule has 0 bridgehead atoms. The second-order valence-electron chi connectivity index (χ2n) is 0.224. The van der Waals surface area contributed by atoms with Crippen LogP contribution >= 0.6 is 0 Å². The van der Waals surface area contributed by atoms with Crippen LogP contribution in [0.1, 0.15) is 0 Å². The molecule has 0 fully saturated rings. The van der Waals surface area contributed by atoms with Gasteiger partial charge in [0.2, 0.25) is 0 Å². The van der Waals surface area contributed by atoms with E-state index in [1.807, 2.05) is 0 Å². The van der Waals surface area contributed by atoms with Gasteiger partial charge in [-0.25, -0.2) is 0 Å². The molecule has 0 saturated heterocycles. The van der Waals surface area contributed by atoms with Crippen molar-refractivity contribution in [1.82, 2.24) is 0 Å². The Bertz CT molecular complexity index is 31.5. The Morgan fingerprint density at radius 3 is 1.00 bits per heavy atom. The molecule has 0 aromatic rings. The van der Waals surface area contributed by atoms with Gasteiger partial charge in [0.1, 0.15) is 0 Å². The molecule has 0 saturated carbocycles. The predicted molar refractivity (Wildman–Crippen MR) is 21.2 cm³/mol. The summed E-state index contributed by atoms with van der Waals surface area (Å²) in [5.74, 6) is 0. The van der Waals surface area contributed by atoms with Crippen molar-refractivity contribution in [2.45, 2.75) is 0 Å². The van der Waals surface area contributed by atoms with Crippen molar-refractivity contribution < 1.29 is 48.8 Å². The Hall–Kier alpha value is 0.00208. The molecule has 0 aliphatic heterocycles. The molecule has 8 heteroatoms. The second kappa shape index (κ2) is 28.0. The summed E-state index contributed by atoms with van der Waals surface area (Å²) in [6.07, 6.45) is 0. The van der Waals surface area contributed by atoms with Crippen molar-refractivity contribution in [3.8, 4) is 0 Å². The van der Waals surface area contributed by atoms with Crippen LogP contribution in [0.2, 0.25) is 0 Å². The maximum Gasteiger partial charge on any atom is 2.00 e. The van der Waals surface area contributed by atoms with Gasteiger partial charge in [0.15, 0.2) is 0 Å². The summed E-state index contributed by atoms with van der Waals surface area (Å²) < 4.78 is 0. The zero-order chi connectivity index (χ0) is 3.58. The van der Waals surface area contributed by atoms with Crippen LogP contribution < -0.4 is 0 Å². The molecule has 0 heterocycles. The van der Waals surface area contributed by atoms with Gasteiger partial charge in [-0.1, -0.05) is 0 Å². The third-order valence-electron chi connectivity index (χ3n) is 0. The predicted octanol–water partition coefficient (Wildman–Crippen LogP) is -2.72. The molecule has 0 aromatic heterocycles. The third-order valence-corrected chi connectivity index (χ3v) is 0. The van der Waals surface area contributed by atoms with Crippen LogP contribution in [-0.2, 0) is 27.3 Å². The van der Waals surface area contributed by atoms with Gasteiger partial charge in [-0.3, -0.25) is 0 Å². The molecule has 0 rings (SSSR count). The summed E-state index contributed by atoms with van der Waals surface area (Å²) >= 11 is 0. The maximum atomic E-state index is 8.25. The van der Waals surface area contributed by atoms with E-state index in [0.29, 0.717) is 0 Å². The Labute approximate surface area is 64.5 Å². The monoisotopic (exact) mass is 230 g/mol. The molecule has 0 unspecified atom stereocenters. The minimum atomic E-state index is -1.75. The van der Waals surface area contributed by atoms with Crippen LogP contribution in [0.25, 0.3) is 0 Å². The van der Waals surface area contributed by atoms with Gasteiger partial charge < -0.3 is 31.8 Å². The topological polar surface area (TPSA) is 161 Å². The summed E-state index contributed by atoms with van der Waals surface area (Å²) in [6.45, 7) is 0. The first-order valence-corrected chi connectivity index (χ1v) is 0.548. The number of nitrogens with zero attached hydrogens (tertiary/aromatic N) is 1. The van der Waals surface area contributed by atoms with E-state index in [-0.39, 0.29) is 43.7 Å². The molecule has 7 nitrogen and oxygen atoms in total. The molecular formula is H6CdNO6+. The van der Waals surface area contributed by atoms with Crippen LogP contribution in [0.3, 0.4) is 0 Å². The van der Waals surface area contributed by atoms with E-state index in [1.54, 1.807) is 0 Å². The molecule has 0 radical (unpaired) electrons. The Balaban J connectivity index is -0.00000000750. The van der Waals surface area contributed by atoms with E-state index in [9.17, 15) is 0 Å². The Kier molecular flexibility index (Phi) is 152. The molecule has 0 spiro atoms. The van der Waals surface area contributed by atoms with Gasteiger partial charge >= 0.3 is 27.3 Å². The summed E-state index contributed by atoms with van der Waals surface area (Å²) in [4.78, 5) is 8.25. The summed E-state index contributed by atoms with van der Waals surface area (Å²) in [7, 11) is 0. The van der Waals surface area contributed by atoms with Crippen molar-refractivity contribution in [3.63, 3.8) is 0 Å². The van der Waals surface area contributed by atoms with Crippen molar-refractivity contribution in [2.75, 3.05) is 0 Å². The smallest absolute Gasteiger partial charge is 0.412 e. The fraction of sp³-hybridized carbons (Fsp3) is 0. The first kappa shape index (κ1) is 43.5. The van der Waals surface area contributed by atoms with Crippen LogP contribution in [0, 0.1) is 15.3 Å². The van der Waals surface area contributed by atoms with Gasteiger partial charge in [-0.05, 0) is 0 Å². The van der Waals surface area contributed by atoms with Crippen LogP contribution in [0.15, 0.2) is 0 Å². The fourth-order valence-electron chi connectivity index (χ4n) is 0. The van der Waals surface area contributed by atoms with Gasteiger partial charge in [0.05, 0.1) is 5.09 Å². The molecule has 8 heavy (non-hydrogen) atoms. The van der Waals surface area contributed by atoms with E-state index in [1.165, 1.54) is 0 Å². The molecule has 0 aliphatic carbocycles. The normalized spacial score (nSPS) is 3.00. The van der Waals surface area contributed by atoms with Crippen LogP contribution in [0.4, 0.5) is 0 Å². The van der Waals surface area contributed by atoms with Gasteiger partial charge in [-0.2, -0.15) is 0 Å². The molecular weight excluding hydrogens is 222 g/mol. The first-order valence-electron chi connectivity index (χ1n) is 0.548. The van der Waals surface area contributed by atoms with E-state index in [4.69, 9.17) is 15.3 Å². The number of hydrogen-bond donors (Lipinski definition) is 0. The van der Waals surface area contributed by atoms with E-state index < -0.39 is 5.09 Å². The van der Waals surface area contributed by atoms with Crippen molar-refractivity contribution in [3.05, 3.63) is 15.3 Å². The molecule has 0 aliphatic rings. The third kappa shape index (κ3) is 34800000. The molecule has 0 atom stereocenters. The first-order chi connectivity index (χ1) is 1.73. The maximum absolute atomic E-state index is 8.25. The molecule has 6 N–H and O–H groups in total. The summed E-state index contributed by atoms with van der Waals surface area (Å²) in [5.41, 5.74) is 0. The minimum absolute atomic E-state index is 0. The van der Waals surface area contributed by atoms with Gasteiger partial charge in [-0.15, -0.1) is 0 Å². The largest absolute Gasteiger partial charge is 2.00 e. The Morgan fingerprint density at radius 1 is 1.00 bits per heavy atom. The summed E-state index contributed by atoms with van der Waals surface area (Å²) in [6, 6.07) is 0. The Morgan fingerprint density at radius 2 is 1.00 bits per heavy atom.